The van der Waals surface area contributed by atoms with Crippen molar-refractivity contribution in [1.29, 1.82) is 0 Å². The Morgan fingerprint density at radius 3 is 3.27 bits per heavy atom. The van der Waals surface area contributed by atoms with Crippen LogP contribution in [0.5, 0.6) is 0 Å². The maximum atomic E-state index is 7.98. The zero-order chi connectivity index (χ0) is 7.94. The zero-order valence-corrected chi connectivity index (χ0v) is 6.03. The maximum absolute atomic E-state index is 7.98. The van der Waals surface area contributed by atoms with Crippen molar-refractivity contribution < 1.29 is 9.62 Å². The molecule has 1 N–H and O–H groups in total. The van der Waals surface area contributed by atoms with E-state index in [1.807, 2.05) is 12.1 Å². The Hall–Kier alpha value is -1.47. The molecule has 1 aromatic rings. The van der Waals surface area contributed by atoms with E-state index in [1.54, 1.807) is 12.3 Å². The molecule has 0 aliphatic heterocycles. The van der Waals surface area contributed by atoms with Gasteiger partial charge in [-0.3, -0.25) is 0 Å². The summed E-state index contributed by atoms with van der Waals surface area (Å²) < 4.78 is 5.07. The summed E-state index contributed by atoms with van der Waals surface area (Å²) >= 11 is 0. The smallest absolute Gasteiger partial charge is 0.104 e. The highest BCUT2D eigenvalue weighted by molar-refractivity contribution is 5.50. The van der Waals surface area contributed by atoms with Gasteiger partial charge in [-0.2, -0.15) is 0 Å². The van der Waals surface area contributed by atoms with Crippen LogP contribution in [0.15, 0.2) is 34.0 Å². The molecule has 1 aromatic heterocycles. The van der Waals surface area contributed by atoms with Crippen molar-refractivity contribution >= 4 is 5.87 Å². The van der Waals surface area contributed by atoms with E-state index in [9.17, 15) is 0 Å². The Balaban J connectivity index is 2.29. The van der Waals surface area contributed by atoms with E-state index in [-0.39, 0.29) is 0 Å². The topological polar surface area (TPSA) is 45.7 Å². The summed E-state index contributed by atoms with van der Waals surface area (Å²) in [6.45, 7) is 0. The van der Waals surface area contributed by atoms with Crippen LogP contribution in [0.2, 0.25) is 0 Å². The van der Waals surface area contributed by atoms with Gasteiger partial charge in [0.05, 0.1) is 6.26 Å². The van der Waals surface area contributed by atoms with Crippen LogP contribution in [-0.4, -0.2) is 11.1 Å². The van der Waals surface area contributed by atoms with Crippen LogP contribution >= 0.6 is 0 Å². The van der Waals surface area contributed by atoms with Gasteiger partial charge in [0.2, 0.25) is 0 Å². The minimum absolute atomic E-state index is 0.775. The Morgan fingerprint density at radius 1 is 1.73 bits per heavy atom. The fourth-order valence-electron chi connectivity index (χ4n) is 0.775. The van der Waals surface area contributed by atoms with Gasteiger partial charge in [0.25, 0.3) is 0 Å². The first-order valence-electron chi connectivity index (χ1n) is 3.37. The van der Waals surface area contributed by atoms with Crippen molar-refractivity contribution in [3.05, 3.63) is 30.2 Å². The molecule has 0 saturated heterocycles. The van der Waals surface area contributed by atoms with Crippen LogP contribution < -0.4 is 0 Å². The second kappa shape index (κ2) is 4.36. The van der Waals surface area contributed by atoms with Crippen molar-refractivity contribution in [3.8, 4) is 0 Å². The normalized spacial score (nSPS) is 8.73. The third kappa shape index (κ3) is 2.74. The molecule has 0 saturated carbocycles. The highest BCUT2D eigenvalue weighted by Crippen LogP contribution is 2.02. The molecule has 1 rings (SSSR count). The van der Waals surface area contributed by atoms with Gasteiger partial charge in [-0.15, -0.1) is 0 Å². The van der Waals surface area contributed by atoms with Gasteiger partial charge in [0, 0.05) is 12.3 Å². The standard InChI is InChI=1S/C8H9NO2/c10-9-6-2-1-4-8-5-3-7-11-8/h2-3,5,7,10H,1,4H2. The summed E-state index contributed by atoms with van der Waals surface area (Å²) in [5.41, 5.74) is 0. The lowest BCUT2D eigenvalue weighted by Crippen LogP contribution is -1.77. The molecule has 0 aliphatic carbocycles. The fourth-order valence-corrected chi connectivity index (χ4v) is 0.775. The van der Waals surface area contributed by atoms with Crippen LogP contribution in [0.1, 0.15) is 12.2 Å². The van der Waals surface area contributed by atoms with Crippen molar-refractivity contribution in [2.45, 2.75) is 12.8 Å². The molecule has 0 unspecified atom stereocenters. The minimum Gasteiger partial charge on any atom is -0.469 e. The molecule has 0 radical (unpaired) electrons. The van der Waals surface area contributed by atoms with Gasteiger partial charge < -0.3 is 9.62 Å². The first-order valence-corrected chi connectivity index (χ1v) is 3.37. The SMILES string of the molecule is ON=C=CCCc1ccco1. The Labute approximate surface area is 64.6 Å². The number of allylic oxidation sites excluding steroid dienone is 1. The van der Waals surface area contributed by atoms with Gasteiger partial charge >= 0.3 is 0 Å². The molecular formula is C8H9NO2. The largest absolute Gasteiger partial charge is 0.469 e. The Bertz CT molecular complexity index is 245. The summed E-state index contributed by atoms with van der Waals surface area (Å²) in [6, 6.07) is 3.75. The van der Waals surface area contributed by atoms with Crippen LogP contribution in [0, 0.1) is 0 Å². The zero-order valence-electron chi connectivity index (χ0n) is 6.03. The molecule has 0 atom stereocenters. The first kappa shape index (κ1) is 7.63. The number of hydrogen-bond acceptors (Lipinski definition) is 3. The van der Waals surface area contributed by atoms with E-state index in [4.69, 9.17) is 9.62 Å². The summed E-state index contributed by atoms with van der Waals surface area (Å²) in [5, 5.41) is 10.7. The van der Waals surface area contributed by atoms with E-state index in [0.717, 1.165) is 18.6 Å². The van der Waals surface area contributed by atoms with Crippen molar-refractivity contribution in [2.24, 2.45) is 5.16 Å². The van der Waals surface area contributed by atoms with Gasteiger partial charge in [0.1, 0.15) is 5.76 Å². The third-order valence-corrected chi connectivity index (χ3v) is 1.26. The van der Waals surface area contributed by atoms with Crippen LogP contribution in [0.4, 0.5) is 0 Å². The second-order valence-corrected chi connectivity index (χ2v) is 2.05. The average Bonchev–Trinajstić information content (AvgIpc) is 2.50. The number of furan rings is 1. The molecule has 0 amide bonds. The Morgan fingerprint density at radius 2 is 2.64 bits per heavy atom. The number of aryl methyl sites for hydroxylation is 1. The summed E-state index contributed by atoms with van der Waals surface area (Å²) in [4.78, 5) is 0. The van der Waals surface area contributed by atoms with Crippen LogP contribution in [0.3, 0.4) is 0 Å². The number of hydrogen-bond donors (Lipinski definition) is 1. The lowest BCUT2D eigenvalue weighted by atomic mass is 10.2. The minimum atomic E-state index is 0.775. The van der Waals surface area contributed by atoms with E-state index in [0.29, 0.717) is 0 Å². The molecule has 1 heterocycles. The highest BCUT2D eigenvalue weighted by atomic mass is 16.4. The Kier molecular flexibility index (Phi) is 3.03. The molecule has 0 spiro atoms. The summed E-state index contributed by atoms with van der Waals surface area (Å²) in [5.74, 6) is 3.26. The van der Waals surface area contributed by atoms with Crippen molar-refractivity contribution in [1.82, 2.24) is 0 Å². The quantitative estimate of drug-likeness (QED) is 0.407. The van der Waals surface area contributed by atoms with Gasteiger partial charge in [0.15, 0.2) is 0 Å². The van der Waals surface area contributed by atoms with E-state index < -0.39 is 0 Å². The molecule has 0 fully saturated rings. The van der Waals surface area contributed by atoms with Crippen molar-refractivity contribution in [2.75, 3.05) is 0 Å². The van der Waals surface area contributed by atoms with Gasteiger partial charge in [-0.25, -0.2) is 0 Å². The van der Waals surface area contributed by atoms with E-state index >= 15 is 0 Å². The third-order valence-electron chi connectivity index (χ3n) is 1.26. The summed E-state index contributed by atoms with van der Waals surface area (Å²) in [7, 11) is 0. The number of nitrogens with zero attached hydrogens (tertiary/aromatic N) is 1. The highest BCUT2D eigenvalue weighted by Gasteiger charge is 1.90. The number of rotatable bonds is 3. The maximum Gasteiger partial charge on any atom is 0.104 e. The molecular weight excluding hydrogens is 142 g/mol. The molecule has 0 aromatic carbocycles. The fraction of sp³-hybridized carbons (Fsp3) is 0.250. The molecule has 3 heteroatoms. The molecule has 0 bridgehead atoms. The van der Waals surface area contributed by atoms with Crippen LogP contribution in [0.25, 0.3) is 0 Å². The molecule has 11 heavy (non-hydrogen) atoms. The van der Waals surface area contributed by atoms with Crippen LogP contribution in [-0.2, 0) is 6.42 Å². The van der Waals surface area contributed by atoms with Gasteiger partial charge in [-0.05, 0) is 29.8 Å². The van der Waals surface area contributed by atoms with E-state index in [1.165, 1.54) is 0 Å². The van der Waals surface area contributed by atoms with Gasteiger partial charge in [-0.1, -0.05) is 0 Å². The molecule has 58 valence electrons. The van der Waals surface area contributed by atoms with Crippen molar-refractivity contribution in [3.63, 3.8) is 0 Å². The van der Waals surface area contributed by atoms with E-state index in [2.05, 4.69) is 11.0 Å². The molecule has 0 aliphatic rings. The second-order valence-electron chi connectivity index (χ2n) is 2.05. The average molecular weight is 151 g/mol. The summed E-state index contributed by atoms with van der Waals surface area (Å²) in [6.07, 6.45) is 4.88. The molecule has 3 nitrogen and oxygen atoms in total. The predicted molar refractivity (Wildman–Crippen MR) is 40.8 cm³/mol. The monoisotopic (exact) mass is 151 g/mol. The predicted octanol–water partition coefficient (Wildman–Crippen LogP) is 1.83. The lowest BCUT2D eigenvalue weighted by Gasteiger charge is -1.87. The first-order chi connectivity index (χ1) is 5.43. The lowest BCUT2D eigenvalue weighted by molar-refractivity contribution is 0.322.